The van der Waals surface area contributed by atoms with E-state index in [0.29, 0.717) is 13.1 Å². The first-order chi connectivity index (χ1) is 12.2. The van der Waals surface area contributed by atoms with E-state index in [2.05, 4.69) is 30.0 Å². The van der Waals surface area contributed by atoms with Gasteiger partial charge in [0.05, 0.1) is 29.2 Å². The van der Waals surface area contributed by atoms with Crippen LogP contribution in [0.25, 0.3) is 0 Å². The molecule has 0 unspecified atom stereocenters. The van der Waals surface area contributed by atoms with E-state index in [4.69, 9.17) is 0 Å². The third kappa shape index (κ3) is 2.84. The Morgan fingerprint density at radius 2 is 2.08 bits per heavy atom. The van der Waals surface area contributed by atoms with E-state index in [1.807, 2.05) is 29.6 Å². The molecule has 6 heteroatoms. The maximum Gasteiger partial charge on any atom is 0.229 e. The van der Waals surface area contributed by atoms with Crippen molar-refractivity contribution < 1.29 is 4.79 Å². The van der Waals surface area contributed by atoms with Gasteiger partial charge in [-0.1, -0.05) is 36.0 Å². The molecule has 1 atom stereocenters. The van der Waals surface area contributed by atoms with Gasteiger partial charge in [0, 0.05) is 22.9 Å². The SMILES string of the molecule is Cc1ccccc1N1CSC2=C(C#N)[C@H](c3cccs3)CC(=O)N2C1. The molecule has 4 rings (SSSR count). The summed E-state index contributed by atoms with van der Waals surface area (Å²) in [4.78, 5) is 17.9. The normalized spacial score (nSPS) is 20.5. The number of nitrogens with zero attached hydrogens (tertiary/aromatic N) is 3. The summed E-state index contributed by atoms with van der Waals surface area (Å²) in [5.41, 5.74) is 3.06. The summed E-state index contributed by atoms with van der Waals surface area (Å²) in [6, 6.07) is 14.6. The molecule has 0 bridgehead atoms. The number of benzene rings is 1. The van der Waals surface area contributed by atoms with Gasteiger partial charge in [-0.05, 0) is 30.0 Å². The van der Waals surface area contributed by atoms with E-state index in [1.165, 1.54) is 5.56 Å². The summed E-state index contributed by atoms with van der Waals surface area (Å²) in [5, 5.41) is 12.6. The lowest BCUT2D eigenvalue weighted by Crippen LogP contribution is -2.47. The fraction of sp³-hybridized carbons (Fsp3) is 0.263. The minimum atomic E-state index is -0.0961. The van der Waals surface area contributed by atoms with Gasteiger partial charge < -0.3 is 4.90 Å². The maximum atomic E-state index is 12.8. The Morgan fingerprint density at radius 3 is 2.80 bits per heavy atom. The minimum absolute atomic E-state index is 0.0955. The molecule has 3 heterocycles. The molecule has 0 saturated carbocycles. The van der Waals surface area contributed by atoms with E-state index in [1.54, 1.807) is 28.0 Å². The van der Waals surface area contributed by atoms with Crippen molar-refractivity contribution in [3.63, 3.8) is 0 Å². The highest BCUT2D eigenvalue weighted by molar-refractivity contribution is 8.03. The Labute approximate surface area is 155 Å². The molecule has 2 aliphatic rings. The molecule has 1 saturated heterocycles. The number of rotatable bonds is 2. The van der Waals surface area contributed by atoms with Crippen molar-refractivity contribution in [3.05, 3.63) is 62.8 Å². The van der Waals surface area contributed by atoms with Crippen LogP contribution in [0, 0.1) is 18.3 Å². The highest BCUT2D eigenvalue weighted by atomic mass is 32.2. The van der Waals surface area contributed by atoms with Gasteiger partial charge in [-0.2, -0.15) is 5.26 Å². The van der Waals surface area contributed by atoms with Crippen LogP contribution in [0.15, 0.2) is 52.4 Å². The second-order valence-corrected chi connectivity index (χ2v) is 8.08. The summed E-state index contributed by atoms with van der Waals surface area (Å²) in [5.74, 6) is 0.742. The Hall–Kier alpha value is -2.23. The zero-order chi connectivity index (χ0) is 17.4. The molecule has 0 radical (unpaired) electrons. The Morgan fingerprint density at radius 1 is 1.24 bits per heavy atom. The average molecular weight is 367 g/mol. The molecule has 4 nitrogen and oxygen atoms in total. The van der Waals surface area contributed by atoms with E-state index in [-0.39, 0.29) is 11.8 Å². The number of fused-ring (bicyclic) bond motifs is 1. The van der Waals surface area contributed by atoms with Gasteiger partial charge in [0.15, 0.2) is 0 Å². The first-order valence-corrected chi connectivity index (χ1v) is 9.97. The Bertz CT molecular complexity index is 882. The molecule has 1 aromatic carbocycles. The lowest BCUT2D eigenvalue weighted by molar-refractivity contribution is -0.129. The van der Waals surface area contributed by atoms with Crippen molar-refractivity contribution in [2.24, 2.45) is 0 Å². The van der Waals surface area contributed by atoms with E-state index < -0.39 is 0 Å². The quantitative estimate of drug-likeness (QED) is 0.795. The van der Waals surface area contributed by atoms with Gasteiger partial charge in [-0.25, -0.2) is 0 Å². The van der Waals surface area contributed by atoms with Crippen LogP contribution in [0.1, 0.15) is 22.8 Å². The van der Waals surface area contributed by atoms with Gasteiger partial charge in [0.1, 0.15) is 0 Å². The number of thioether (sulfide) groups is 1. The van der Waals surface area contributed by atoms with E-state index in [9.17, 15) is 10.1 Å². The molecule has 0 spiro atoms. The number of carbonyl (C=O) groups is 1. The number of para-hydroxylation sites is 1. The van der Waals surface area contributed by atoms with Crippen LogP contribution >= 0.6 is 23.1 Å². The van der Waals surface area contributed by atoms with Crippen LogP contribution in [0.5, 0.6) is 0 Å². The van der Waals surface area contributed by atoms with Gasteiger partial charge >= 0.3 is 0 Å². The van der Waals surface area contributed by atoms with Crippen molar-refractivity contribution >= 4 is 34.7 Å². The van der Waals surface area contributed by atoms with Crippen molar-refractivity contribution in [1.29, 1.82) is 5.26 Å². The van der Waals surface area contributed by atoms with Crippen LogP contribution in [0.3, 0.4) is 0 Å². The van der Waals surface area contributed by atoms with Crippen LogP contribution in [-0.4, -0.2) is 23.4 Å². The third-order valence-electron chi connectivity index (χ3n) is 4.64. The molecule has 1 amide bonds. The molecule has 1 aromatic heterocycles. The van der Waals surface area contributed by atoms with Crippen LogP contribution in [0.4, 0.5) is 5.69 Å². The molecule has 1 fully saturated rings. The number of thiophene rings is 1. The molecule has 2 aromatic rings. The van der Waals surface area contributed by atoms with Gasteiger partial charge in [0.2, 0.25) is 5.91 Å². The topological polar surface area (TPSA) is 47.3 Å². The van der Waals surface area contributed by atoms with Crippen molar-refractivity contribution in [1.82, 2.24) is 4.90 Å². The number of aryl methyl sites for hydroxylation is 1. The summed E-state index contributed by atoms with van der Waals surface area (Å²) in [6.45, 7) is 2.59. The number of anilines is 1. The fourth-order valence-electron chi connectivity index (χ4n) is 3.37. The van der Waals surface area contributed by atoms with Crippen molar-refractivity contribution in [2.45, 2.75) is 19.3 Å². The number of allylic oxidation sites excluding steroid dienone is 1. The van der Waals surface area contributed by atoms with Crippen LogP contribution < -0.4 is 4.90 Å². The largest absolute Gasteiger partial charge is 0.343 e. The highest BCUT2D eigenvalue weighted by Crippen LogP contribution is 2.44. The standard InChI is InChI=1S/C19H17N3OS2/c1-13-5-2-3-6-16(13)21-11-22-18(23)9-14(17-7-4-8-24-17)15(10-20)19(22)25-12-21/h2-8,14H,9,11-12H2,1H3/t14-/m1/s1. The fourth-order valence-corrected chi connectivity index (χ4v) is 5.36. The number of hydrogen-bond donors (Lipinski definition) is 0. The van der Waals surface area contributed by atoms with Crippen LogP contribution in [0.2, 0.25) is 0 Å². The zero-order valence-corrected chi connectivity index (χ0v) is 15.4. The number of amides is 1. The lowest BCUT2D eigenvalue weighted by atomic mass is 9.92. The summed E-state index contributed by atoms with van der Waals surface area (Å²) >= 11 is 3.20. The molecule has 25 heavy (non-hydrogen) atoms. The smallest absolute Gasteiger partial charge is 0.229 e. The number of carbonyl (C=O) groups excluding carboxylic acids is 1. The maximum absolute atomic E-state index is 12.8. The second-order valence-electron chi connectivity index (χ2n) is 6.17. The molecule has 0 aliphatic carbocycles. The second kappa shape index (κ2) is 6.58. The van der Waals surface area contributed by atoms with Crippen molar-refractivity contribution in [3.8, 4) is 6.07 Å². The monoisotopic (exact) mass is 367 g/mol. The van der Waals surface area contributed by atoms with Gasteiger partial charge in [0.25, 0.3) is 0 Å². The number of hydrogen-bond acceptors (Lipinski definition) is 5. The summed E-state index contributed by atoms with van der Waals surface area (Å²) < 4.78 is 0. The predicted octanol–water partition coefficient (Wildman–Crippen LogP) is 4.28. The molecular formula is C19H17N3OS2. The molecule has 0 N–H and O–H groups in total. The summed E-state index contributed by atoms with van der Waals surface area (Å²) in [7, 11) is 0. The molecule has 2 aliphatic heterocycles. The minimum Gasteiger partial charge on any atom is -0.343 e. The van der Waals surface area contributed by atoms with Crippen LogP contribution in [-0.2, 0) is 4.79 Å². The highest BCUT2D eigenvalue weighted by Gasteiger charge is 2.38. The number of nitriles is 1. The Kier molecular flexibility index (Phi) is 4.28. The molecular weight excluding hydrogens is 350 g/mol. The predicted molar refractivity (Wildman–Crippen MR) is 102 cm³/mol. The third-order valence-corrected chi connectivity index (χ3v) is 6.78. The van der Waals surface area contributed by atoms with E-state index in [0.717, 1.165) is 27.0 Å². The summed E-state index contributed by atoms with van der Waals surface area (Å²) in [6.07, 6.45) is 0.370. The van der Waals surface area contributed by atoms with Gasteiger partial charge in [-0.15, -0.1) is 11.3 Å². The zero-order valence-electron chi connectivity index (χ0n) is 13.8. The van der Waals surface area contributed by atoms with Crippen molar-refractivity contribution in [2.75, 3.05) is 17.4 Å². The lowest BCUT2D eigenvalue weighted by Gasteiger charge is -2.42. The average Bonchev–Trinajstić information content (AvgIpc) is 3.16. The first kappa shape index (κ1) is 16.2. The Balaban J connectivity index is 1.68. The van der Waals surface area contributed by atoms with E-state index >= 15 is 0 Å². The van der Waals surface area contributed by atoms with Gasteiger partial charge in [-0.3, -0.25) is 9.69 Å². The first-order valence-electron chi connectivity index (χ1n) is 8.10. The molecule has 126 valence electrons.